The van der Waals surface area contributed by atoms with Gasteiger partial charge in [-0.3, -0.25) is 0 Å². The third-order valence-electron chi connectivity index (χ3n) is 4.65. The molecular formula is C17H24ClN3O. The van der Waals surface area contributed by atoms with Gasteiger partial charge in [0.1, 0.15) is 0 Å². The molecule has 1 atom stereocenters. The number of carbonyl (C=O) groups is 1. The Morgan fingerprint density at radius 3 is 2.41 bits per heavy atom. The maximum absolute atomic E-state index is 12.1. The second-order valence-electron chi connectivity index (χ2n) is 6.43. The molecule has 1 aliphatic heterocycles. The molecule has 1 heterocycles. The van der Waals surface area contributed by atoms with Crippen molar-refractivity contribution >= 4 is 17.6 Å². The van der Waals surface area contributed by atoms with Gasteiger partial charge in [0.2, 0.25) is 0 Å². The molecule has 1 aromatic carbocycles. The van der Waals surface area contributed by atoms with Crippen LogP contribution in [-0.4, -0.2) is 36.1 Å². The van der Waals surface area contributed by atoms with Gasteiger partial charge in [0.15, 0.2) is 0 Å². The van der Waals surface area contributed by atoms with Gasteiger partial charge in [0.25, 0.3) is 0 Å². The molecule has 4 nitrogen and oxygen atoms in total. The molecule has 2 fully saturated rings. The summed E-state index contributed by atoms with van der Waals surface area (Å²) < 4.78 is 0. The topological polar surface area (TPSA) is 44.4 Å². The van der Waals surface area contributed by atoms with Crippen LogP contribution in [0.4, 0.5) is 4.79 Å². The molecule has 120 valence electrons. The molecule has 0 bridgehead atoms. The normalized spacial score (nSPS) is 21.4. The first-order valence-electron chi connectivity index (χ1n) is 8.18. The molecule has 2 N–H and O–H groups in total. The van der Waals surface area contributed by atoms with Gasteiger partial charge in [0.05, 0.1) is 6.04 Å². The summed E-state index contributed by atoms with van der Waals surface area (Å²) in [7, 11) is 0. The molecule has 1 unspecified atom stereocenters. The highest BCUT2D eigenvalue weighted by molar-refractivity contribution is 6.30. The van der Waals surface area contributed by atoms with E-state index in [1.807, 2.05) is 31.2 Å². The molecule has 1 saturated carbocycles. The zero-order valence-corrected chi connectivity index (χ0v) is 13.8. The highest BCUT2D eigenvalue weighted by Crippen LogP contribution is 2.29. The summed E-state index contributed by atoms with van der Waals surface area (Å²) in [5.41, 5.74) is 1.06. The number of carbonyl (C=O) groups excluding carboxylic acids is 1. The Bertz CT molecular complexity index is 507. The Hall–Kier alpha value is -1.26. The fourth-order valence-electron chi connectivity index (χ4n) is 3.11. The van der Waals surface area contributed by atoms with Crippen molar-refractivity contribution in [2.45, 2.75) is 50.7 Å². The van der Waals surface area contributed by atoms with Gasteiger partial charge in [-0.2, -0.15) is 0 Å². The number of benzene rings is 1. The van der Waals surface area contributed by atoms with E-state index < -0.39 is 0 Å². The van der Waals surface area contributed by atoms with Gasteiger partial charge < -0.3 is 15.5 Å². The van der Waals surface area contributed by atoms with E-state index in [0.29, 0.717) is 11.1 Å². The number of likely N-dealkylation sites (tertiary alicyclic amines) is 1. The lowest BCUT2D eigenvalue weighted by Crippen LogP contribution is -2.48. The summed E-state index contributed by atoms with van der Waals surface area (Å²) in [6.45, 7) is 4.21. The predicted octanol–water partition coefficient (Wildman–Crippen LogP) is 3.33. The highest BCUT2D eigenvalue weighted by Gasteiger charge is 2.32. The minimum atomic E-state index is -0.0766. The molecule has 2 amide bonds. The van der Waals surface area contributed by atoms with Crippen LogP contribution in [-0.2, 0) is 0 Å². The van der Waals surface area contributed by atoms with E-state index in [1.54, 1.807) is 0 Å². The SMILES string of the molecule is CC(NC(=O)NC1CCN(C2CC2)CC1)c1ccc(Cl)cc1. The lowest BCUT2D eigenvalue weighted by atomic mass is 10.1. The Morgan fingerprint density at radius 1 is 1.18 bits per heavy atom. The van der Waals surface area contributed by atoms with E-state index in [4.69, 9.17) is 11.6 Å². The van der Waals surface area contributed by atoms with E-state index in [0.717, 1.165) is 37.5 Å². The molecule has 0 aromatic heterocycles. The number of urea groups is 1. The monoisotopic (exact) mass is 321 g/mol. The largest absolute Gasteiger partial charge is 0.335 e. The van der Waals surface area contributed by atoms with Crippen molar-refractivity contribution in [3.63, 3.8) is 0 Å². The van der Waals surface area contributed by atoms with E-state index in [1.165, 1.54) is 12.8 Å². The number of amides is 2. The number of nitrogens with zero attached hydrogens (tertiary/aromatic N) is 1. The van der Waals surface area contributed by atoms with Crippen LogP contribution in [0.25, 0.3) is 0 Å². The van der Waals surface area contributed by atoms with Gasteiger partial charge in [-0.05, 0) is 50.3 Å². The third-order valence-corrected chi connectivity index (χ3v) is 4.90. The van der Waals surface area contributed by atoms with Gasteiger partial charge in [-0.15, -0.1) is 0 Å². The van der Waals surface area contributed by atoms with Crippen molar-refractivity contribution < 1.29 is 4.79 Å². The van der Waals surface area contributed by atoms with Gasteiger partial charge in [-0.25, -0.2) is 4.79 Å². The van der Waals surface area contributed by atoms with Gasteiger partial charge >= 0.3 is 6.03 Å². The van der Waals surface area contributed by atoms with Gasteiger partial charge in [0, 0.05) is 30.2 Å². The molecule has 5 heteroatoms. The van der Waals surface area contributed by atoms with Crippen LogP contribution in [0.2, 0.25) is 5.02 Å². The smallest absolute Gasteiger partial charge is 0.315 e. The van der Waals surface area contributed by atoms with Crippen molar-refractivity contribution in [3.8, 4) is 0 Å². The summed E-state index contributed by atoms with van der Waals surface area (Å²) in [4.78, 5) is 14.7. The van der Waals surface area contributed by atoms with Crippen LogP contribution < -0.4 is 10.6 Å². The van der Waals surface area contributed by atoms with Crippen LogP contribution in [0.3, 0.4) is 0 Å². The van der Waals surface area contributed by atoms with Gasteiger partial charge in [-0.1, -0.05) is 23.7 Å². The number of nitrogens with one attached hydrogen (secondary N) is 2. The first-order valence-corrected chi connectivity index (χ1v) is 8.56. The molecule has 1 saturated heterocycles. The zero-order chi connectivity index (χ0) is 15.5. The summed E-state index contributed by atoms with van der Waals surface area (Å²) >= 11 is 5.89. The van der Waals surface area contributed by atoms with Crippen molar-refractivity contribution in [1.29, 1.82) is 0 Å². The summed E-state index contributed by atoms with van der Waals surface area (Å²) in [6, 6.07) is 8.62. The maximum Gasteiger partial charge on any atom is 0.315 e. The number of piperidine rings is 1. The van der Waals surface area contributed by atoms with Crippen LogP contribution in [0.5, 0.6) is 0 Å². The van der Waals surface area contributed by atoms with Crippen LogP contribution in [0.15, 0.2) is 24.3 Å². The first-order chi connectivity index (χ1) is 10.6. The van der Waals surface area contributed by atoms with E-state index >= 15 is 0 Å². The average Bonchev–Trinajstić information content (AvgIpc) is 3.33. The van der Waals surface area contributed by atoms with Crippen LogP contribution >= 0.6 is 11.6 Å². The lowest BCUT2D eigenvalue weighted by molar-refractivity contribution is 0.185. The summed E-state index contributed by atoms with van der Waals surface area (Å²) in [5, 5.41) is 6.82. The molecule has 2 aliphatic rings. The Balaban J connectivity index is 1.43. The number of halogens is 1. The van der Waals surface area contributed by atoms with E-state index in [9.17, 15) is 4.79 Å². The second kappa shape index (κ2) is 6.88. The fraction of sp³-hybridized carbons (Fsp3) is 0.588. The Labute approximate surface area is 137 Å². The standard InChI is InChI=1S/C17H24ClN3O/c1-12(13-2-4-14(18)5-3-13)19-17(22)20-15-8-10-21(11-9-15)16-6-7-16/h2-5,12,15-16H,6-11H2,1H3,(H2,19,20,22). The van der Waals surface area contributed by atoms with E-state index in [2.05, 4.69) is 15.5 Å². The zero-order valence-electron chi connectivity index (χ0n) is 13.0. The molecule has 1 aliphatic carbocycles. The first kappa shape index (κ1) is 15.6. The molecule has 1 aromatic rings. The number of rotatable bonds is 4. The number of hydrogen-bond acceptors (Lipinski definition) is 2. The summed E-state index contributed by atoms with van der Waals surface area (Å²) in [5.74, 6) is 0. The molecule has 0 radical (unpaired) electrons. The van der Waals surface area contributed by atoms with Crippen molar-refractivity contribution in [3.05, 3.63) is 34.9 Å². The fourth-order valence-corrected chi connectivity index (χ4v) is 3.23. The Kier molecular flexibility index (Phi) is 4.89. The molecule has 22 heavy (non-hydrogen) atoms. The van der Waals surface area contributed by atoms with Crippen molar-refractivity contribution in [1.82, 2.24) is 15.5 Å². The molecule has 0 spiro atoms. The minimum Gasteiger partial charge on any atom is -0.335 e. The maximum atomic E-state index is 12.1. The van der Waals surface area contributed by atoms with E-state index in [-0.39, 0.29) is 12.1 Å². The second-order valence-corrected chi connectivity index (χ2v) is 6.87. The minimum absolute atomic E-state index is 0.0242. The Morgan fingerprint density at radius 2 is 1.82 bits per heavy atom. The molecule has 3 rings (SSSR count). The summed E-state index contributed by atoms with van der Waals surface area (Å²) in [6.07, 6.45) is 4.83. The average molecular weight is 322 g/mol. The third kappa shape index (κ3) is 4.14. The van der Waals surface area contributed by atoms with Crippen molar-refractivity contribution in [2.24, 2.45) is 0 Å². The highest BCUT2D eigenvalue weighted by atomic mass is 35.5. The van der Waals surface area contributed by atoms with Crippen molar-refractivity contribution in [2.75, 3.05) is 13.1 Å². The number of hydrogen-bond donors (Lipinski definition) is 2. The van der Waals surface area contributed by atoms with Crippen LogP contribution in [0, 0.1) is 0 Å². The quantitative estimate of drug-likeness (QED) is 0.893. The lowest BCUT2D eigenvalue weighted by Gasteiger charge is -2.32. The molecular weight excluding hydrogens is 298 g/mol. The van der Waals surface area contributed by atoms with Crippen LogP contribution in [0.1, 0.15) is 44.2 Å². The predicted molar refractivity (Wildman–Crippen MR) is 89.2 cm³/mol.